The minimum absolute atomic E-state index is 0.00885. The molecule has 0 fully saturated rings. The van der Waals surface area contributed by atoms with Crippen LogP contribution in [0.25, 0.3) is 0 Å². The molecule has 104 valence electrons. The first-order valence-corrected chi connectivity index (χ1v) is 6.00. The Morgan fingerprint density at radius 3 is 2.05 bits per heavy atom. The molecule has 0 saturated carbocycles. The Balaban J connectivity index is 2.58. The van der Waals surface area contributed by atoms with Crippen LogP contribution in [0, 0.1) is 17.5 Å². The monoisotopic (exact) mass is 319 g/mol. The van der Waals surface area contributed by atoms with Gasteiger partial charge in [0.1, 0.15) is 17.5 Å². The Labute approximate surface area is 121 Å². The van der Waals surface area contributed by atoms with Gasteiger partial charge >= 0.3 is 0 Å². The third-order valence-corrected chi connectivity index (χ3v) is 3.37. The van der Waals surface area contributed by atoms with Gasteiger partial charge in [0.15, 0.2) is 5.78 Å². The Bertz CT molecular complexity index is 673. The number of anilines is 1. The van der Waals surface area contributed by atoms with Gasteiger partial charge < -0.3 is 5.73 Å². The van der Waals surface area contributed by atoms with Gasteiger partial charge in [-0.2, -0.15) is 0 Å². The number of nitrogen functional groups attached to an aromatic ring is 1. The van der Waals surface area contributed by atoms with Gasteiger partial charge in [-0.25, -0.2) is 13.2 Å². The number of ketones is 1. The van der Waals surface area contributed by atoms with E-state index in [9.17, 15) is 18.0 Å². The molecule has 2 aromatic carbocycles. The van der Waals surface area contributed by atoms with E-state index in [1.54, 1.807) is 0 Å². The predicted molar refractivity (Wildman–Crippen MR) is 70.6 cm³/mol. The van der Waals surface area contributed by atoms with E-state index in [4.69, 9.17) is 28.9 Å². The fraction of sp³-hybridized carbons (Fsp3) is 0. The summed E-state index contributed by atoms with van der Waals surface area (Å²) in [7, 11) is 0. The highest BCUT2D eigenvalue weighted by Crippen LogP contribution is 2.31. The molecule has 0 amide bonds. The molecule has 2 N–H and O–H groups in total. The molecule has 0 heterocycles. The van der Waals surface area contributed by atoms with Crippen molar-refractivity contribution in [1.82, 2.24) is 0 Å². The van der Waals surface area contributed by atoms with Crippen molar-refractivity contribution in [2.45, 2.75) is 0 Å². The minimum atomic E-state index is -1.31. The third kappa shape index (κ3) is 2.59. The summed E-state index contributed by atoms with van der Waals surface area (Å²) < 4.78 is 39.9. The van der Waals surface area contributed by atoms with E-state index >= 15 is 0 Å². The van der Waals surface area contributed by atoms with E-state index in [0.717, 1.165) is 12.1 Å². The Hall–Kier alpha value is -1.72. The van der Waals surface area contributed by atoms with Gasteiger partial charge in [-0.3, -0.25) is 4.79 Å². The number of hydrogen-bond donors (Lipinski definition) is 1. The van der Waals surface area contributed by atoms with Crippen LogP contribution >= 0.6 is 23.2 Å². The van der Waals surface area contributed by atoms with Gasteiger partial charge in [0.2, 0.25) is 0 Å². The molecular formula is C13H6Cl2F3NO. The number of carbonyl (C=O) groups excluding carboxylic acids is 1. The second-order valence-electron chi connectivity index (χ2n) is 3.93. The number of hydrogen-bond acceptors (Lipinski definition) is 2. The standard InChI is InChI=1S/C13H6Cl2F3NO/c14-7-1-5(2-10(19)12(7)15)13(20)11-8(17)3-6(16)4-9(11)18/h1-4H,19H2. The molecule has 0 aliphatic heterocycles. The second-order valence-corrected chi connectivity index (χ2v) is 4.72. The zero-order valence-corrected chi connectivity index (χ0v) is 11.2. The summed E-state index contributed by atoms with van der Waals surface area (Å²) in [6.07, 6.45) is 0. The van der Waals surface area contributed by atoms with Gasteiger partial charge in [0.05, 0.1) is 21.3 Å². The molecule has 7 heteroatoms. The topological polar surface area (TPSA) is 43.1 Å². The summed E-state index contributed by atoms with van der Waals surface area (Å²) in [6, 6.07) is 3.10. The van der Waals surface area contributed by atoms with Gasteiger partial charge in [-0.15, -0.1) is 0 Å². The van der Waals surface area contributed by atoms with Crippen LogP contribution < -0.4 is 5.73 Å². The summed E-state index contributed by atoms with van der Waals surface area (Å²) in [5.74, 6) is -4.75. The molecule has 2 rings (SSSR count). The first-order valence-electron chi connectivity index (χ1n) is 5.25. The molecule has 0 unspecified atom stereocenters. The van der Waals surface area contributed by atoms with Crippen LogP contribution in [-0.2, 0) is 0 Å². The molecule has 2 aromatic rings. The predicted octanol–water partition coefficient (Wildman–Crippen LogP) is 4.22. The summed E-state index contributed by atoms with van der Waals surface area (Å²) in [5, 5.41) is 0.00112. The lowest BCUT2D eigenvalue weighted by Gasteiger charge is -2.07. The largest absolute Gasteiger partial charge is 0.397 e. The average molecular weight is 320 g/mol. The maximum Gasteiger partial charge on any atom is 0.199 e. The minimum Gasteiger partial charge on any atom is -0.397 e. The zero-order valence-electron chi connectivity index (χ0n) is 9.68. The van der Waals surface area contributed by atoms with E-state index in [2.05, 4.69) is 0 Å². The highest BCUT2D eigenvalue weighted by molar-refractivity contribution is 6.44. The molecule has 2 nitrogen and oxygen atoms in total. The van der Waals surface area contributed by atoms with Crippen LogP contribution in [-0.4, -0.2) is 5.78 Å². The van der Waals surface area contributed by atoms with Crippen molar-refractivity contribution in [2.75, 3.05) is 5.73 Å². The maximum atomic E-state index is 13.5. The molecule has 0 radical (unpaired) electrons. The highest BCUT2D eigenvalue weighted by atomic mass is 35.5. The van der Waals surface area contributed by atoms with Gasteiger partial charge in [-0.05, 0) is 12.1 Å². The van der Waals surface area contributed by atoms with Crippen molar-refractivity contribution in [3.05, 3.63) is 62.9 Å². The van der Waals surface area contributed by atoms with Crippen molar-refractivity contribution in [1.29, 1.82) is 0 Å². The third-order valence-electron chi connectivity index (χ3n) is 2.55. The Morgan fingerprint density at radius 2 is 1.55 bits per heavy atom. The summed E-state index contributed by atoms with van der Waals surface area (Å²) in [6.45, 7) is 0. The van der Waals surface area contributed by atoms with E-state index in [1.165, 1.54) is 0 Å². The van der Waals surface area contributed by atoms with E-state index in [1.807, 2.05) is 0 Å². The second kappa shape index (κ2) is 5.34. The molecule has 0 spiro atoms. The van der Waals surface area contributed by atoms with E-state index in [0.29, 0.717) is 12.1 Å². The van der Waals surface area contributed by atoms with Crippen LogP contribution in [0.3, 0.4) is 0 Å². The van der Waals surface area contributed by atoms with Crippen LogP contribution in [0.4, 0.5) is 18.9 Å². The fourth-order valence-corrected chi connectivity index (χ4v) is 1.98. The SMILES string of the molecule is Nc1cc(C(=O)c2c(F)cc(F)cc2F)cc(Cl)c1Cl. The van der Waals surface area contributed by atoms with Crippen LogP contribution in [0.2, 0.25) is 10.0 Å². The summed E-state index contributed by atoms with van der Waals surface area (Å²) in [5.41, 5.74) is 4.48. The Morgan fingerprint density at radius 1 is 1.00 bits per heavy atom. The highest BCUT2D eigenvalue weighted by Gasteiger charge is 2.21. The van der Waals surface area contributed by atoms with Crippen molar-refractivity contribution in [2.24, 2.45) is 0 Å². The molecule has 0 aliphatic rings. The number of halogens is 5. The maximum absolute atomic E-state index is 13.5. The fourth-order valence-electron chi connectivity index (χ4n) is 1.64. The smallest absolute Gasteiger partial charge is 0.199 e. The lowest BCUT2D eigenvalue weighted by molar-refractivity contribution is 0.103. The average Bonchev–Trinajstić information content (AvgIpc) is 2.33. The summed E-state index contributed by atoms with van der Waals surface area (Å²) in [4.78, 5) is 12.1. The van der Waals surface area contributed by atoms with Crippen LogP contribution in [0.1, 0.15) is 15.9 Å². The van der Waals surface area contributed by atoms with Crippen molar-refractivity contribution in [3.63, 3.8) is 0 Å². The van der Waals surface area contributed by atoms with Crippen molar-refractivity contribution in [3.8, 4) is 0 Å². The number of nitrogens with two attached hydrogens (primary N) is 1. The van der Waals surface area contributed by atoms with Gasteiger partial charge in [0, 0.05) is 17.7 Å². The molecule has 0 bridgehead atoms. The first kappa shape index (κ1) is 14.7. The normalized spacial score (nSPS) is 10.7. The summed E-state index contributed by atoms with van der Waals surface area (Å²) >= 11 is 11.5. The van der Waals surface area contributed by atoms with Crippen molar-refractivity contribution < 1.29 is 18.0 Å². The van der Waals surface area contributed by atoms with Gasteiger partial charge in [-0.1, -0.05) is 23.2 Å². The first-order chi connectivity index (χ1) is 9.31. The molecule has 0 aromatic heterocycles. The molecular weight excluding hydrogens is 314 g/mol. The zero-order chi connectivity index (χ0) is 15.0. The number of carbonyl (C=O) groups is 1. The molecule has 0 saturated heterocycles. The number of benzene rings is 2. The van der Waals surface area contributed by atoms with Crippen molar-refractivity contribution >= 4 is 34.7 Å². The van der Waals surface area contributed by atoms with E-state index in [-0.39, 0.29) is 21.3 Å². The quantitative estimate of drug-likeness (QED) is 0.665. The van der Waals surface area contributed by atoms with Crippen LogP contribution in [0.5, 0.6) is 0 Å². The lowest BCUT2D eigenvalue weighted by atomic mass is 10.0. The molecule has 0 atom stereocenters. The molecule has 0 aliphatic carbocycles. The number of rotatable bonds is 2. The van der Waals surface area contributed by atoms with Gasteiger partial charge in [0.25, 0.3) is 0 Å². The van der Waals surface area contributed by atoms with Crippen LogP contribution in [0.15, 0.2) is 24.3 Å². The van der Waals surface area contributed by atoms with E-state index < -0.39 is 28.8 Å². The Kier molecular flexibility index (Phi) is 3.92. The lowest BCUT2D eigenvalue weighted by Crippen LogP contribution is -2.09. The molecule has 20 heavy (non-hydrogen) atoms.